The van der Waals surface area contributed by atoms with Crippen LogP contribution in [0, 0.1) is 0 Å². The van der Waals surface area contributed by atoms with Crippen molar-refractivity contribution < 1.29 is 4.79 Å². The summed E-state index contributed by atoms with van der Waals surface area (Å²) >= 11 is 13.3. The summed E-state index contributed by atoms with van der Waals surface area (Å²) in [5, 5.41) is 4.61. The molecule has 0 aliphatic carbocycles. The Labute approximate surface area is 138 Å². The summed E-state index contributed by atoms with van der Waals surface area (Å²) in [6.07, 6.45) is 3.56. The van der Waals surface area contributed by atoms with Gasteiger partial charge in [0.1, 0.15) is 5.03 Å². The molecule has 0 bridgehead atoms. The lowest BCUT2D eigenvalue weighted by molar-refractivity contribution is 0.0936. The number of rotatable bonds is 4. The van der Waals surface area contributed by atoms with Crippen LogP contribution in [0.5, 0.6) is 0 Å². The molecule has 3 nitrogen and oxygen atoms in total. The highest BCUT2D eigenvalue weighted by atomic mass is 35.5. The normalized spacial score (nSPS) is 12.0. The molecule has 1 unspecified atom stereocenters. The zero-order chi connectivity index (χ0) is 15.4. The smallest absolute Gasteiger partial charge is 0.254 e. The van der Waals surface area contributed by atoms with E-state index in [0.717, 1.165) is 5.56 Å². The SMILES string of the molecule is CSc1ncccc1C(=O)NC(C)c1ccc(Cl)c(Cl)c1. The van der Waals surface area contributed by atoms with E-state index in [0.29, 0.717) is 20.6 Å². The third kappa shape index (κ3) is 3.90. The van der Waals surface area contributed by atoms with Gasteiger partial charge >= 0.3 is 0 Å². The number of hydrogen-bond donors (Lipinski definition) is 1. The maximum Gasteiger partial charge on any atom is 0.254 e. The summed E-state index contributed by atoms with van der Waals surface area (Å²) in [4.78, 5) is 16.5. The lowest BCUT2D eigenvalue weighted by Crippen LogP contribution is -2.27. The highest BCUT2D eigenvalue weighted by molar-refractivity contribution is 7.98. The monoisotopic (exact) mass is 340 g/mol. The molecule has 0 saturated heterocycles. The van der Waals surface area contributed by atoms with Crippen molar-refractivity contribution in [2.45, 2.75) is 18.0 Å². The van der Waals surface area contributed by atoms with Crippen LogP contribution in [0.4, 0.5) is 0 Å². The van der Waals surface area contributed by atoms with Gasteiger partial charge in [-0.3, -0.25) is 4.79 Å². The Balaban J connectivity index is 2.16. The van der Waals surface area contributed by atoms with Crippen molar-refractivity contribution in [1.82, 2.24) is 10.3 Å². The van der Waals surface area contributed by atoms with Gasteiger partial charge in [-0.25, -0.2) is 4.98 Å². The van der Waals surface area contributed by atoms with Crippen LogP contribution in [0.25, 0.3) is 0 Å². The Hall–Kier alpha value is -1.23. The number of benzene rings is 1. The van der Waals surface area contributed by atoms with Crippen molar-refractivity contribution in [3.8, 4) is 0 Å². The van der Waals surface area contributed by atoms with Gasteiger partial charge < -0.3 is 5.32 Å². The first-order valence-corrected chi connectivity index (χ1v) is 8.26. The topological polar surface area (TPSA) is 42.0 Å². The highest BCUT2D eigenvalue weighted by Gasteiger charge is 2.15. The second kappa shape index (κ2) is 7.16. The average molecular weight is 341 g/mol. The number of nitrogens with zero attached hydrogens (tertiary/aromatic N) is 1. The number of amides is 1. The van der Waals surface area contributed by atoms with Gasteiger partial charge in [-0.15, -0.1) is 11.8 Å². The van der Waals surface area contributed by atoms with Gasteiger partial charge in [-0.05, 0) is 43.0 Å². The first kappa shape index (κ1) is 16.1. The molecule has 0 radical (unpaired) electrons. The predicted molar refractivity (Wildman–Crippen MR) is 88.4 cm³/mol. The Bertz CT molecular complexity index is 664. The molecular formula is C15H14Cl2N2OS. The lowest BCUT2D eigenvalue weighted by Gasteiger charge is -2.16. The highest BCUT2D eigenvalue weighted by Crippen LogP contribution is 2.26. The Morgan fingerprint density at radius 2 is 2.05 bits per heavy atom. The fourth-order valence-electron chi connectivity index (χ4n) is 1.87. The minimum absolute atomic E-state index is 0.161. The number of carbonyl (C=O) groups excluding carboxylic acids is 1. The van der Waals surface area contributed by atoms with Crippen LogP contribution in [-0.2, 0) is 0 Å². The molecule has 0 fully saturated rings. The first-order valence-electron chi connectivity index (χ1n) is 6.27. The van der Waals surface area contributed by atoms with Gasteiger partial charge in [0.05, 0.1) is 21.7 Å². The molecule has 1 atom stereocenters. The number of carbonyl (C=O) groups is 1. The van der Waals surface area contributed by atoms with E-state index in [9.17, 15) is 4.79 Å². The van der Waals surface area contributed by atoms with Gasteiger partial charge in [0.2, 0.25) is 0 Å². The molecule has 0 aliphatic rings. The van der Waals surface area contributed by atoms with Crippen LogP contribution in [0.1, 0.15) is 28.9 Å². The van der Waals surface area contributed by atoms with E-state index in [4.69, 9.17) is 23.2 Å². The van der Waals surface area contributed by atoms with Gasteiger partial charge in [0, 0.05) is 6.20 Å². The standard InChI is InChI=1S/C15H14Cl2N2OS/c1-9(10-5-6-12(16)13(17)8-10)19-14(20)11-4-3-7-18-15(11)21-2/h3-9H,1-2H3,(H,19,20). The minimum Gasteiger partial charge on any atom is -0.345 e. The molecule has 21 heavy (non-hydrogen) atoms. The number of thioether (sulfide) groups is 1. The van der Waals surface area contributed by atoms with Crippen molar-refractivity contribution in [3.05, 3.63) is 57.7 Å². The van der Waals surface area contributed by atoms with Gasteiger partial charge in [0.25, 0.3) is 5.91 Å². The Morgan fingerprint density at radius 1 is 1.29 bits per heavy atom. The second-order valence-corrected chi connectivity index (χ2v) is 6.04. The van der Waals surface area contributed by atoms with Gasteiger partial charge in [-0.1, -0.05) is 29.3 Å². The summed E-state index contributed by atoms with van der Waals surface area (Å²) in [6.45, 7) is 1.90. The molecule has 0 saturated carbocycles. The molecule has 2 aromatic rings. The summed E-state index contributed by atoms with van der Waals surface area (Å²) in [7, 11) is 0. The number of aromatic nitrogens is 1. The third-order valence-corrected chi connectivity index (χ3v) is 4.45. The molecule has 1 heterocycles. The van der Waals surface area contributed by atoms with Crippen LogP contribution < -0.4 is 5.32 Å². The number of nitrogens with one attached hydrogen (secondary N) is 1. The van der Waals surface area contributed by atoms with E-state index >= 15 is 0 Å². The Morgan fingerprint density at radius 3 is 2.71 bits per heavy atom. The quantitative estimate of drug-likeness (QED) is 0.827. The largest absolute Gasteiger partial charge is 0.345 e. The van der Waals surface area contributed by atoms with Crippen LogP contribution in [0.2, 0.25) is 10.0 Å². The molecule has 1 aromatic carbocycles. The van der Waals surface area contributed by atoms with Crippen LogP contribution >= 0.6 is 35.0 Å². The van der Waals surface area contributed by atoms with Crippen LogP contribution in [0.15, 0.2) is 41.6 Å². The Kier molecular flexibility index (Phi) is 5.51. The first-order chi connectivity index (χ1) is 10.0. The van der Waals surface area contributed by atoms with Crippen molar-refractivity contribution in [2.75, 3.05) is 6.26 Å². The van der Waals surface area contributed by atoms with Crippen LogP contribution in [0.3, 0.4) is 0 Å². The fraction of sp³-hybridized carbons (Fsp3) is 0.200. The number of halogens is 2. The minimum atomic E-state index is -0.179. The molecule has 1 N–H and O–H groups in total. The second-order valence-electron chi connectivity index (χ2n) is 4.43. The van der Waals surface area contributed by atoms with Crippen molar-refractivity contribution >= 4 is 40.9 Å². The third-order valence-electron chi connectivity index (χ3n) is 3.00. The summed E-state index contributed by atoms with van der Waals surface area (Å²) in [6, 6.07) is 8.65. The van der Waals surface area contributed by atoms with E-state index in [2.05, 4.69) is 10.3 Å². The van der Waals surface area contributed by atoms with E-state index in [1.54, 1.807) is 30.5 Å². The number of hydrogen-bond acceptors (Lipinski definition) is 3. The van der Waals surface area contributed by atoms with E-state index < -0.39 is 0 Å². The molecule has 2 rings (SSSR count). The summed E-state index contributed by atoms with van der Waals surface area (Å²) in [5.74, 6) is -0.161. The molecular weight excluding hydrogens is 327 g/mol. The fourth-order valence-corrected chi connectivity index (χ4v) is 2.72. The van der Waals surface area contributed by atoms with Crippen LogP contribution in [-0.4, -0.2) is 17.1 Å². The van der Waals surface area contributed by atoms with Crippen molar-refractivity contribution in [2.24, 2.45) is 0 Å². The zero-order valence-corrected chi connectivity index (χ0v) is 13.9. The van der Waals surface area contributed by atoms with Gasteiger partial charge in [0.15, 0.2) is 0 Å². The lowest BCUT2D eigenvalue weighted by atomic mass is 10.1. The maximum atomic E-state index is 12.3. The molecule has 0 spiro atoms. The molecule has 0 aliphatic heterocycles. The van der Waals surface area contributed by atoms with Crippen molar-refractivity contribution in [3.63, 3.8) is 0 Å². The average Bonchev–Trinajstić information content (AvgIpc) is 2.49. The molecule has 6 heteroatoms. The summed E-state index contributed by atoms with van der Waals surface area (Å²) < 4.78 is 0. The molecule has 110 valence electrons. The van der Waals surface area contributed by atoms with E-state index in [-0.39, 0.29) is 11.9 Å². The van der Waals surface area contributed by atoms with Gasteiger partial charge in [-0.2, -0.15) is 0 Å². The zero-order valence-electron chi connectivity index (χ0n) is 11.6. The molecule has 1 aromatic heterocycles. The number of pyridine rings is 1. The van der Waals surface area contributed by atoms with Crippen molar-refractivity contribution in [1.29, 1.82) is 0 Å². The summed E-state index contributed by atoms with van der Waals surface area (Å²) in [5.41, 5.74) is 1.46. The predicted octanol–water partition coefficient (Wildman–Crippen LogP) is 4.60. The maximum absolute atomic E-state index is 12.3. The molecule has 1 amide bonds. The van der Waals surface area contributed by atoms with E-state index in [1.807, 2.05) is 19.2 Å². The van der Waals surface area contributed by atoms with E-state index in [1.165, 1.54) is 11.8 Å².